The third-order valence-electron chi connectivity index (χ3n) is 5.48. The summed E-state index contributed by atoms with van der Waals surface area (Å²) in [5.41, 5.74) is 6.77. The summed E-state index contributed by atoms with van der Waals surface area (Å²) in [6.45, 7) is 13.3. The van der Waals surface area contributed by atoms with Crippen molar-refractivity contribution in [3.63, 3.8) is 0 Å². The lowest BCUT2D eigenvalue weighted by molar-refractivity contribution is 0.114. The summed E-state index contributed by atoms with van der Waals surface area (Å²) in [4.78, 5) is 2.66. The zero-order valence-corrected chi connectivity index (χ0v) is 12.1. The topological polar surface area (TPSA) is 29.3 Å². The van der Waals surface area contributed by atoms with Gasteiger partial charge in [-0.05, 0) is 49.0 Å². The van der Waals surface area contributed by atoms with Gasteiger partial charge in [-0.25, -0.2) is 0 Å². The average molecular weight is 238 g/mol. The Morgan fingerprint density at radius 1 is 1.18 bits per heavy atom. The smallest absolute Gasteiger partial charge is 0.0131 e. The van der Waals surface area contributed by atoms with Crippen LogP contribution in [0.15, 0.2) is 0 Å². The molecule has 1 aliphatic heterocycles. The first-order chi connectivity index (χ1) is 7.90. The molecular formula is C15H30N2. The van der Waals surface area contributed by atoms with E-state index in [1.54, 1.807) is 0 Å². The van der Waals surface area contributed by atoms with Crippen molar-refractivity contribution in [1.82, 2.24) is 4.90 Å². The highest BCUT2D eigenvalue weighted by Gasteiger charge is 2.40. The molecule has 1 saturated heterocycles. The molecule has 2 fully saturated rings. The van der Waals surface area contributed by atoms with Gasteiger partial charge in [0.25, 0.3) is 0 Å². The minimum Gasteiger partial charge on any atom is -0.327 e. The predicted molar refractivity (Wildman–Crippen MR) is 73.9 cm³/mol. The van der Waals surface area contributed by atoms with Crippen LogP contribution in [-0.2, 0) is 0 Å². The fraction of sp³-hybridized carbons (Fsp3) is 1.00. The summed E-state index contributed by atoms with van der Waals surface area (Å²) in [5, 5.41) is 0. The van der Waals surface area contributed by atoms with Crippen molar-refractivity contribution in [3.8, 4) is 0 Å². The van der Waals surface area contributed by atoms with Crippen LogP contribution < -0.4 is 5.73 Å². The van der Waals surface area contributed by atoms with Crippen molar-refractivity contribution in [2.24, 2.45) is 28.9 Å². The van der Waals surface area contributed by atoms with E-state index in [1.165, 1.54) is 38.9 Å². The molecule has 1 saturated carbocycles. The first-order valence-corrected chi connectivity index (χ1v) is 7.38. The minimum absolute atomic E-state index is 0.360. The van der Waals surface area contributed by atoms with E-state index in [2.05, 4.69) is 32.6 Å². The first kappa shape index (κ1) is 13.4. The van der Waals surface area contributed by atoms with Crippen LogP contribution in [0, 0.1) is 23.2 Å². The lowest BCUT2D eigenvalue weighted by Gasteiger charge is -2.38. The van der Waals surface area contributed by atoms with Crippen molar-refractivity contribution in [2.75, 3.05) is 19.6 Å². The van der Waals surface area contributed by atoms with Crippen LogP contribution in [0.3, 0.4) is 0 Å². The van der Waals surface area contributed by atoms with Crippen molar-refractivity contribution in [2.45, 2.75) is 53.0 Å². The van der Waals surface area contributed by atoms with E-state index in [-0.39, 0.29) is 0 Å². The number of rotatable bonds is 2. The van der Waals surface area contributed by atoms with Crippen molar-refractivity contribution in [1.29, 1.82) is 0 Å². The largest absolute Gasteiger partial charge is 0.327 e. The Labute approximate surface area is 107 Å². The van der Waals surface area contributed by atoms with Crippen LogP contribution in [0.25, 0.3) is 0 Å². The van der Waals surface area contributed by atoms with Crippen molar-refractivity contribution < 1.29 is 0 Å². The highest BCUT2D eigenvalue weighted by atomic mass is 15.1. The second-order valence-electron chi connectivity index (χ2n) is 7.32. The number of likely N-dealkylation sites (tertiary alicyclic amines) is 1. The molecule has 1 heterocycles. The van der Waals surface area contributed by atoms with Crippen LogP contribution in [0.2, 0.25) is 0 Å². The van der Waals surface area contributed by atoms with E-state index in [4.69, 9.17) is 5.73 Å². The van der Waals surface area contributed by atoms with Gasteiger partial charge in [-0.15, -0.1) is 0 Å². The van der Waals surface area contributed by atoms with Crippen LogP contribution in [0.4, 0.5) is 0 Å². The molecule has 0 aromatic carbocycles. The standard InChI is InChI=1S/C15H30N2/c1-11-6-8-17(9-12(11)2)10-13-5-7-15(3,4)14(13)16/h11-14H,5-10,16H2,1-4H3. The maximum atomic E-state index is 6.41. The zero-order valence-electron chi connectivity index (χ0n) is 12.1. The second-order valence-corrected chi connectivity index (χ2v) is 7.32. The van der Waals surface area contributed by atoms with E-state index in [9.17, 15) is 0 Å². The number of nitrogens with zero attached hydrogens (tertiary/aromatic N) is 1. The van der Waals surface area contributed by atoms with Crippen molar-refractivity contribution >= 4 is 0 Å². The van der Waals surface area contributed by atoms with Gasteiger partial charge in [-0.3, -0.25) is 0 Å². The summed E-state index contributed by atoms with van der Waals surface area (Å²) >= 11 is 0. The highest BCUT2D eigenvalue weighted by molar-refractivity contribution is 4.95. The van der Waals surface area contributed by atoms with Gasteiger partial charge >= 0.3 is 0 Å². The molecule has 1 aliphatic carbocycles. The molecule has 2 N–H and O–H groups in total. The Morgan fingerprint density at radius 2 is 1.88 bits per heavy atom. The molecule has 0 aromatic heterocycles. The Bertz CT molecular complexity index is 262. The van der Waals surface area contributed by atoms with Crippen LogP contribution in [0.1, 0.15) is 47.0 Å². The number of piperidine rings is 1. The highest BCUT2D eigenvalue weighted by Crippen LogP contribution is 2.40. The molecular weight excluding hydrogens is 208 g/mol. The molecule has 0 aromatic rings. The number of hydrogen-bond donors (Lipinski definition) is 1. The van der Waals surface area contributed by atoms with Gasteiger partial charge in [-0.2, -0.15) is 0 Å². The minimum atomic E-state index is 0.360. The van der Waals surface area contributed by atoms with Gasteiger partial charge in [0.2, 0.25) is 0 Å². The maximum absolute atomic E-state index is 6.41. The third-order valence-corrected chi connectivity index (χ3v) is 5.48. The van der Waals surface area contributed by atoms with Gasteiger partial charge in [-0.1, -0.05) is 27.7 Å². The molecule has 4 atom stereocenters. The molecule has 4 unspecified atom stereocenters. The van der Waals surface area contributed by atoms with Gasteiger partial charge in [0, 0.05) is 19.1 Å². The fourth-order valence-corrected chi connectivity index (χ4v) is 3.59. The monoisotopic (exact) mass is 238 g/mol. The fourth-order valence-electron chi connectivity index (χ4n) is 3.59. The SMILES string of the molecule is CC1CCN(CC2CCC(C)(C)C2N)CC1C. The Balaban J connectivity index is 1.86. The van der Waals surface area contributed by atoms with E-state index in [0.29, 0.717) is 11.5 Å². The molecule has 2 rings (SSSR count). The third kappa shape index (κ3) is 2.85. The molecule has 100 valence electrons. The van der Waals surface area contributed by atoms with Gasteiger partial charge in [0.05, 0.1) is 0 Å². The summed E-state index contributed by atoms with van der Waals surface area (Å²) in [6, 6.07) is 0.400. The summed E-state index contributed by atoms with van der Waals surface area (Å²) in [7, 11) is 0. The van der Waals surface area contributed by atoms with Gasteiger partial charge in [0.1, 0.15) is 0 Å². The zero-order chi connectivity index (χ0) is 12.6. The van der Waals surface area contributed by atoms with E-state index in [0.717, 1.165) is 17.8 Å². The molecule has 0 amide bonds. The van der Waals surface area contributed by atoms with Crippen LogP contribution in [-0.4, -0.2) is 30.6 Å². The summed E-state index contributed by atoms with van der Waals surface area (Å²) in [6.07, 6.45) is 4.00. The molecule has 17 heavy (non-hydrogen) atoms. The Kier molecular flexibility index (Phi) is 3.84. The first-order valence-electron chi connectivity index (χ1n) is 7.38. The molecule has 2 aliphatic rings. The Morgan fingerprint density at radius 3 is 2.41 bits per heavy atom. The maximum Gasteiger partial charge on any atom is 0.0131 e. The van der Waals surface area contributed by atoms with E-state index < -0.39 is 0 Å². The van der Waals surface area contributed by atoms with Crippen molar-refractivity contribution in [3.05, 3.63) is 0 Å². The average Bonchev–Trinajstić information content (AvgIpc) is 2.51. The molecule has 0 radical (unpaired) electrons. The Hall–Kier alpha value is -0.0800. The molecule has 2 nitrogen and oxygen atoms in total. The molecule has 0 spiro atoms. The number of nitrogens with two attached hydrogens (primary N) is 1. The van der Waals surface area contributed by atoms with Gasteiger partial charge in [0.15, 0.2) is 0 Å². The molecule has 2 heteroatoms. The van der Waals surface area contributed by atoms with Crippen LogP contribution >= 0.6 is 0 Å². The lowest BCUT2D eigenvalue weighted by atomic mass is 9.84. The van der Waals surface area contributed by atoms with E-state index in [1.807, 2.05) is 0 Å². The summed E-state index contributed by atoms with van der Waals surface area (Å²) < 4.78 is 0. The normalized spacial score (nSPS) is 42.9. The lowest BCUT2D eigenvalue weighted by Crippen LogP contribution is -2.45. The second kappa shape index (κ2) is 4.89. The summed E-state index contributed by atoms with van der Waals surface area (Å²) in [5.74, 6) is 2.49. The molecule has 0 bridgehead atoms. The number of hydrogen-bond acceptors (Lipinski definition) is 2. The van der Waals surface area contributed by atoms with E-state index >= 15 is 0 Å². The van der Waals surface area contributed by atoms with Crippen LogP contribution in [0.5, 0.6) is 0 Å². The van der Waals surface area contributed by atoms with Gasteiger partial charge < -0.3 is 10.6 Å². The quantitative estimate of drug-likeness (QED) is 0.801. The predicted octanol–water partition coefficient (Wildman–Crippen LogP) is 2.73.